The van der Waals surface area contributed by atoms with Crippen molar-refractivity contribution >= 4 is 11.0 Å². The Morgan fingerprint density at radius 3 is 3.00 bits per heavy atom. The number of fused-ring (bicyclic) bond motifs is 1. The summed E-state index contributed by atoms with van der Waals surface area (Å²) in [4.78, 5) is 24.4. The van der Waals surface area contributed by atoms with Gasteiger partial charge in [-0.1, -0.05) is 5.16 Å². The highest BCUT2D eigenvalue weighted by Crippen LogP contribution is 2.11. The van der Waals surface area contributed by atoms with E-state index in [9.17, 15) is 4.79 Å². The van der Waals surface area contributed by atoms with Crippen LogP contribution in [0.4, 0.5) is 0 Å². The summed E-state index contributed by atoms with van der Waals surface area (Å²) < 4.78 is 6.22. The fourth-order valence-corrected chi connectivity index (χ4v) is 1.92. The van der Waals surface area contributed by atoms with Gasteiger partial charge < -0.3 is 4.52 Å². The molecule has 0 aromatic carbocycles. The van der Waals surface area contributed by atoms with Crippen LogP contribution in [-0.2, 0) is 6.54 Å². The van der Waals surface area contributed by atoms with Gasteiger partial charge in [-0.3, -0.25) is 9.36 Å². The summed E-state index contributed by atoms with van der Waals surface area (Å²) in [7, 11) is 0. The van der Waals surface area contributed by atoms with Gasteiger partial charge in [-0.15, -0.1) is 0 Å². The van der Waals surface area contributed by atoms with Gasteiger partial charge in [0, 0.05) is 0 Å². The van der Waals surface area contributed by atoms with Crippen LogP contribution in [0.15, 0.2) is 28.0 Å². The molecule has 20 heavy (non-hydrogen) atoms. The number of aryl methyl sites for hydroxylation is 1. The Balaban J connectivity index is 2.18. The third kappa shape index (κ3) is 1.91. The van der Waals surface area contributed by atoms with Crippen LogP contribution in [-0.4, -0.2) is 24.7 Å². The second kappa shape index (κ2) is 4.55. The standard InChI is InChI=1S/C12H8N6O2/c1-7-2-8(3-13)17-11-10(7)12(19)18(6-15-11)4-9-14-5-16-20-9/h2,5-6H,4H2,1H3. The summed E-state index contributed by atoms with van der Waals surface area (Å²) in [5, 5.41) is 12.7. The minimum atomic E-state index is -0.261. The fourth-order valence-electron chi connectivity index (χ4n) is 1.92. The maximum absolute atomic E-state index is 12.4. The average Bonchev–Trinajstić information content (AvgIpc) is 2.94. The van der Waals surface area contributed by atoms with Crippen LogP contribution in [0.25, 0.3) is 11.0 Å². The largest absolute Gasteiger partial charge is 0.338 e. The quantitative estimate of drug-likeness (QED) is 0.661. The Morgan fingerprint density at radius 2 is 2.30 bits per heavy atom. The summed E-state index contributed by atoms with van der Waals surface area (Å²) in [5.74, 6) is 0.313. The second-order valence-electron chi connectivity index (χ2n) is 4.15. The van der Waals surface area contributed by atoms with Crippen LogP contribution >= 0.6 is 0 Å². The Kier molecular flexibility index (Phi) is 2.72. The predicted molar refractivity (Wildman–Crippen MR) is 66.7 cm³/mol. The monoisotopic (exact) mass is 268 g/mol. The van der Waals surface area contributed by atoms with Gasteiger partial charge in [0.15, 0.2) is 12.0 Å². The van der Waals surface area contributed by atoms with E-state index < -0.39 is 0 Å². The molecular weight excluding hydrogens is 260 g/mol. The van der Waals surface area contributed by atoms with Gasteiger partial charge in [0.2, 0.25) is 5.89 Å². The van der Waals surface area contributed by atoms with E-state index in [1.807, 2.05) is 6.07 Å². The number of nitrogens with zero attached hydrogens (tertiary/aromatic N) is 6. The van der Waals surface area contributed by atoms with Gasteiger partial charge >= 0.3 is 0 Å². The summed E-state index contributed by atoms with van der Waals surface area (Å²) in [6.07, 6.45) is 2.61. The molecule has 98 valence electrons. The van der Waals surface area contributed by atoms with Gasteiger partial charge in [0.25, 0.3) is 5.56 Å². The van der Waals surface area contributed by atoms with Crippen molar-refractivity contribution in [3.63, 3.8) is 0 Å². The molecule has 8 nitrogen and oxygen atoms in total. The molecule has 8 heteroatoms. The number of rotatable bonds is 2. The third-order valence-corrected chi connectivity index (χ3v) is 2.82. The topological polar surface area (TPSA) is 110 Å². The summed E-state index contributed by atoms with van der Waals surface area (Å²) in [6, 6.07) is 3.50. The lowest BCUT2D eigenvalue weighted by atomic mass is 10.2. The normalized spacial score (nSPS) is 10.6. The van der Waals surface area contributed by atoms with Crippen LogP contribution in [0, 0.1) is 18.3 Å². The van der Waals surface area contributed by atoms with Crippen molar-refractivity contribution in [2.75, 3.05) is 0 Å². The Hall–Kier alpha value is -3.08. The highest BCUT2D eigenvalue weighted by Gasteiger charge is 2.11. The number of hydrogen-bond acceptors (Lipinski definition) is 7. The van der Waals surface area contributed by atoms with E-state index in [4.69, 9.17) is 9.78 Å². The van der Waals surface area contributed by atoms with Crippen LogP contribution in [0.3, 0.4) is 0 Å². The molecule has 3 rings (SSSR count). The van der Waals surface area contributed by atoms with E-state index in [-0.39, 0.29) is 23.4 Å². The van der Waals surface area contributed by atoms with Crippen LogP contribution in [0.1, 0.15) is 17.1 Å². The molecule has 0 bridgehead atoms. The molecule has 0 saturated heterocycles. The molecule has 0 atom stereocenters. The number of nitriles is 1. The fraction of sp³-hybridized carbons (Fsp3) is 0.167. The predicted octanol–water partition coefficient (Wildman–Crippen LogP) is 0.403. The average molecular weight is 268 g/mol. The van der Waals surface area contributed by atoms with Gasteiger partial charge in [-0.05, 0) is 18.6 Å². The summed E-state index contributed by atoms with van der Waals surface area (Å²) >= 11 is 0. The zero-order valence-electron chi connectivity index (χ0n) is 10.4. The first kappa shape index (κ1) is 12.0. The van der Waals surface area contributed by atoms with Crippen molar-refractivity contribution < 1.29 is 4.52 Å². The summed E-state index contributed by atoms with van der Waals surface area (Å²) in [6.45, 7) is 1.88. The number of hydrogen-bond donors (Lipinski definition) is 0. The molecule has 3 aromatic rings. The lowest BCUT2D eigenvalue weighted by Gasteiger charge is -2.05. The minimum absolute atomic E-state index is 0.140. The van der Waals surface area contributed by atoms with E-state index >= 15 is 0 Å². The molecule has 0 amide bonds. The molecule has 0 radical (unpaired) electrons. The lowest BCUT2D eigenvalue weighted by molar-refractivity contribution is 0.368. The van der Waals surface area contributed by atoms with E-state index in [1.165, 1.54) is 17.2 Å². The molecule has 0 unspecified atom stereocenters. The zero-order chi connectivity index (χ0) is 14.1. The van der Waals surface area contributed by atoms with Crippen molar-refractivity contribution in [3.8, 4) is 6.07 Å². The molecule has 3 aromatic heterocycles. The van der Waals surface area contributed by atoms with Gasteiger partial charge in [-0.2, -0.15) is 10.2 Å². The van der Waals surface area contributed by atoms with Crippen LogP contribution in [0.5, 0.6) is 0 Å². The van der Waals surface area contributed by atoms with Gasteiger partial charge in [-0.25, -0.2) is 9.97 Å². The summed E-state index contributed by atoms with van der Waals surface area (Å²) in [5.41, 5.74) is 0.886. The first-order valence-electron chi connectivity index (χ1n) is 5.71. The van der Waals surface area contributed by atoms with Crippen molar-refractivity contribution in [2.24, 2.45) is 0 Å². The molecule has 0 aliphatic heterocycles. The SMILES string of the molecule is Cc1cc(C#N)nc2ncn(Cc3ncno3)c(=O)c12. The van der Waals surface area contributed by atoms with E-state index in [1.54, 1.807) is 13.0 Å². The van der Waals surface area contributed by atoms with E-state index in [0.29, 0.717) is 16.8 Å². The maximum Gasteiger partial charge on any atom is 0.263 e. The molecule has 0 fully saturated rings. The van der Waals surface area contributed by atoms with E-state index in [2.05, 4.69) is 20.1 Å². The Labute approximate surface area is 112 Å². The molecule has 0 N–H and O–H groups in total. The van der Waals surface area contributed by atoms with Crippen molar-refractivity contribution in [2.45, 2.75) is 13.5 Å². The Bertz CT molecular complexity index is 875. The molecule has 0 aliphatic carbocycles. The molecule has 0 spiro atoms. The third-order valence-electron chi connectivity index (χ3n) is 2.82. The number of aromatic nitrogens is 5. The highest BCUT2D eigenvalue weighted by molar-refractivity contribution is 5.77. The first-order valence-corrected chi connectivity index (χ1v) is 5.71. The molecule has 0 aliphatic rings. The molecule has 3 heterocycles. The zero-order valence-corrected chi connectivity index (χ0v) is 10.4. The maximum atomic E-state index is 12.4. The lowest BCUT2D eigenvalue weighted by Crippen LogP contribution is -2.22. The van der Waals surface area contributed by atoms with Crippen LogP contribution < -0.4 is 5.56 Å². The Morgan fingerprint density at radius 1 is 1.45 bits per heavy atom. The van der Waals surface area contributed by atoms with E-state index in [0.717, 1.165) is 0 Å². The first-order chi connectivity index (χ1) is 9.69. The van der Waals surface area contributed by atoms with Crippen molar-refractivity contribution in [3.05, 3.63) is 46.2 Å². The smallest absolute Gasteiger partial charge is 0.263 e. The molecule has 0 saturated carbocycles. The van der Waals surface area contributed by atoms with Gasteiger partial charge in [0.1, 0.15) is 24.6 Å². The minimum Gasteiger partial charge on any atom is -0.338 e. The van der Waals surface area contributed by atoms with Crippen LogP contribution in [0.2, 0.25) is 0 Å². The highest BCUT2D eigenvalue weighted by atomic mass is 16.5. The van der Waals surface area contributed by atoms with Crippen molar-refractivity contribution in [1.82, 2.24) is 24.7 Å². The van der Waals surface area contributed by atoms with Gasteiger partial charge in [0.05, 0.1) is 5.39 Å². The second-order valence-corrected chi connectivity index (χ2v) is 4.15. The number of pyridine rings is 1. The molecular formula is C12H8N6O2. The van der Waals surface area contributed by atoms with Crippen molar-refractivity contribution in [1.29, 1.82) is 5.26 Å².